The van der Waals surface area contributed by atoms with E-state index in [1.54, 1.807) is 0 Å². The summed E-state index contributed by atoms with van der Waals surface area (Å²) in [7, 11) is 0. The summed E-state index contributed by atoms with van der Waals surface area (Å²) in [4.78, 5) is 0. The monoisotopic (exact) mass is 345 g/mol. The van der Waals surface area contributed by atoms with Crippen molar-refractivity contribution in [2.24, 2.45) is 0 Å². The van der Waals surface area contributed by atoms with E-state index in [1.165, 1.54) is 11.1 Å². The van der Waals surface area contributed by atoms with Crippen molar-refractivity contribution in [2.45, 2.75) is 6.92 Å². The Morgan fingerprint density at radius 1 is 0.680 bits per heavy atom. The maximum absolute atomic E-state index is 6.00. The highest BCUT2D eigenvalue weighted by Gasteiger charge is 2.13. The lowest BCUT2D eigenvalue weighted by molar-refractivity contribution is 0.972. The molecule has 25 heavy (non-hydrogen) atoms. The molecule has 0 aliphatic carbocycles. The van der Waals surface area contributed by atoms with Gasteiger partial charge in [0.25, 0.3) is 0 Å². The summed E-state index contributed by atoms with van der Waals surface area (Å²) in [6.07, 6.45) is 0. The number of benzene rings is 3. The highest BCUT2D eigenvalue weighted by Crippen LogP contribution is 2.26. The number of hydrogen-bond acceptors (Lipinski definition) is 2. The van der Waals surface area contributed by atoms with Crippen LogP contribution in [0.4, 0.5) is 0 Å². The normalized spacial score (nSPS) is 10.8. The van der Waals surface area contributed by atoms with Gasteiger partial charge in [0.2, 0.25) is 0 Å². The van der Waals surface area contributed by atoms with Crippen LogP contribution in [-0.4, -0.2) is 14.8 Å². The van der Waals surface area contributed by atoms with Gasteiger partial charge in [-0.15, -0.1) is 10.2 Å². The van der Waals surface area contributed by atoms with Crippen molar-refractivity contribution in [3.05, 3.63) is 89.7 Å². The third-order valence-corrected chi connectivity index (χ3v) is 4.41. The first-order valence-electron chi connectivity index (χ1n) is 8.06. The fourth-order valence-corrected chi connectivity index (χ4v) is 3.02. The molecule has 0 unspecified atom stereocenters. The highest BCUT2D eigenvalue weighted by atomic mass is 35.5. The van der Waals surface area contributed by atoms with E-state index in [0.717, 1.165) is 22.9 Å². The topological polar surface area (TPSA) is 30.7 Å². The number of aromatic nitrogens is 3. The van der Waals surface area contributed by atoms with Gasteiger partial charge in [0.15, 0.2) is 5.82 Å². The molecule has 0 spiro atoms. The van der Waals surface area contributed by atoms with Crippen LogP contribution in [0.5, 0.6) is 0 Å². The minimum absolute atomic E-state index is 0.711. The summed E-state index contributed by atoms with van der Waals surface area (Å²) in [5.41, 5.74) is 4.40. The van der Waals surface area contributed by atoms with Gasteiger partial charge in [0.1, 0.15) is 5.82 Å². The van der Waals surface area contributed by atoms with E-state index >= 15 is 0 Å². The van der Waals surface area contributed by atoms with Gasteiger partial charge in [-0.05, 0) is 42.3 Å². The Hall–Kier alpha value is -2.91. The van der Waals surface area contributed by atoms with Gasteiger partial charge in [-0.1, -0.05) is 66.2 Å². The Morgan fingerprint density at radius 3 is 1.96 bits per heavy atom. The molecule has 1 heterocycles. The zero-order valence-corrected chi connectivity index (χ0v) is 14.5. The zero-order chi connectivity index (χ0) is 17.2. The Kier molecular flexibility index (Phi) is 4.08. The van der Waals surface area contributed by atoms with Crippen LogP contribution in [0.3, 0.4) is 0 Å². The molecule has 3 nitrogen and oxygen atoms in total. The molecule has 0 aliphatic heterocycles. The molecule has 0 amide bonds. The van der Waals surface area contributed by atoms with Gasteiger partial charge in [-0.2, -0.15) is 0 Å². The second-order valence-corrected chi connectivity index (χ2v) is 6.26. The van der Waals surface area contributed by atoms with E-state index in [9.17, 15) is 0 Å². The summed E-state index contributed by atoms with van der Waals surface area (Å²) in [6.45, 7) is 1.95. The van der Waals surface area contributed by atoms with Crippen LogP contribution >= 0.6 is 11.6 Å². The van der Waals surface area contributed by atoms with Gasteiger partial charge in [0.05, 0.1) is 0 Å². The van der Waals surface area contributed by atoms with Crippen molar-refractivity contribution in [3.8, 4) is 28.2 Å². The third-order valence-electron chi connectivity index (χ3n) is 4.16. The predicted molar refractivity (Wildman–Crippen MR) is 102 cm³/mol. The first kappa shape index (κ1) is 15.6. The van der Waals surface area contributed by atoms with Crippen molar-refractivity contribution in [1.29, 1.82) is 0 Å². The molecule has 122 valence electrons. The van der Waals surface area contributed by atoms with Crippen molar-refractivity contribution in [1.82, 2.24) is 14.8 Å². The molecule has 4 rings (SSSR count). The van der Waals surface area contributed by atoms with Crippen LogP contribution in [0.2, 0.25) is 5.02 Å². The van der Waals surface area contributed by atoms with Crippen LogP contribution < -0.4 is 0 Å². The lowest BCUT2D eigenvalue weighted by Gasteiger charge is -2.09. The van der Waals surface area contributed by atoms with Crippen molar-refractivity contribution >= 4 is 11.6 Å². The molecule has 3 aromatic carbocycles. The van der Waals surface area contributed by atoms with Gasteiger partial charge in [0, 0.05) is 16.3 Å². The molecule has 4 heteroatoms. The third kappa shape index (κ3) is 3.06. The Balaban J connectivity index is 1.75. The summed E-state index contributed by atoms with van der Waals surface area (Å²) < 4.78 is 2.04. The van der Waals surface area contributed by atoms with Crippen molar-refractivity contribution in [2.75, 3.05) is 0 Å². The molecule has 1 aromatic heterocycles. The van der Waals surface area contributed by atoms with Crippen LogP contribution in [0, 0.1) is 6.92 Å². The molecule has 4 aromatic rings. The summed E-state index contributed by atoms with van der Waals surface area (Å²) in [6, 6.07) is 26.4. The summed E-state index contributed by atoms with van der Waals surface area (Å²) in [5.74, 6) is 1.66. The smallest absolute Gasteiger partial charge is 0.168 e. The van der Waals surface area contributed by atoms with Crippen LogP contribution in [0.25, 0.3) is 28.2 Å². The van der Waals surface area contributed by atoms with Gasteiger partial charge in [-0.25, -0.2) is 0 Å². The first-order chi connectivity index (χ1) is 12.2. The fourth-order valence-electron chi connectivity index (χ4n) is 2.89. The van der Waals surface area contributed by atoms with Crippen molar-refractivity contribution < 1.29 is 0 Å². The largest absolute Gasteiger partial charge is 0.279 e. The maximum atomic E-state index is 6.00. The van der Waals surface area contributed by atoms with E-state index in [0.29, 0.717) is 5.02 Å². The van der Waals surface area contributed by atoms with E-state index in [2.05, 4.69) is 46.6 Å². The van der Waals surface area contributed by atoms with Gasteiger partial charge in [-0.3, -0.25) is 4.57 Å². The van der Waals surface area contributed by atoms with E-state index in [1.807, 2.05) is 54.0 Å². The number of nitrogens with zero attached hydrogens (tertiary/aromatic N) is 3. The van der Waals surface area contributed by atoms with Crippen molar-refractivity contribution in [3.63, 3.8) is 0 Å². The second-order valence-electron chi connectivity index (χ2n) is 5.83. The van der Waals surface area contributed by atoms with Crippen LogP contribution in [0.15, 0.2) is 78.9 Å². The minimum Gasteiger partial charge on any atom is -0.279 e. The first-order valence-corrected chi connectivity index (χ1v) is 8.44. The van der Waals surface area contributed by atoms with Gasteiger partial charge < -0.3 is 0 Å². The molecule has 0 bridgehead atoms. The Bertz CT molecular complexity index is 988. The molecule has 0 atom stereocenters. The summed E-state index contributed by atoms with van der Waals surface area (Å²) >= 11 is 6.00. The van der Waals surface area contributed by atoms with Gasteiger partial charge >= 0.3 is 0 Å². The summed E-state index contributed by atoms with van der Waals surface area (Å²) in [5, 5.41) is 9.33. The molecule has 0 fully saturated rings. The Labute approximate surface area is 151 Å². The minimum atomic E-state index is 0.711. The zero-order valence-electron chi connectivity index (χ0n) is 13.7. The van der Waals surface area contributed by atoms with E-state index in [4.69, 9.17) is 11.6 Å². The second kappa shape index (κ2) is 6.54. The SMILES string of the molecule is Cc1nnc(-c2ccc(-c3ccccc3)cc2)n1-c1ccc(Cl)cc1. The fraction of sp³-hybridized carbons (Fsp3) is 0.0476. The number of rotatable bonds is 3. The molecule has 0 N–H and O–H groups in total. The quantitative estimate of drug-likeness (QED) is 0.486. The molecule has 0 radical (unpaired) electrons. The Morgan fingerprint density at radius 2 is 1.28 bits per heavy atom. The number of halogens is 1. The lowest BCUT2D eigenvalue weighted by Crippen LogP contribution is -1.99. The number of aryl methyl sites for hydroxylation is 1. The number of hydrogen-bond donors (Lipinski definition) is 0. The molecule has 0 aliphatic rings. The highest BCUT2D eigenvalue weighted by molar-refractivity contribution is 6.30. The maximum Gasteiger partial charge on any atom is 0.168 e. The van der Waals surface area contributed by atoms with E-state index < -0.39 is 0 Å². The van der Waals surface area contributed by atoms with E-state index in [-0.39, 0.29) is 0 Å². The lowest BCUT2D eigenvalue weighted by atomic mass is 10.0. The standard InChI is InChI=1S/C21H16ClN3/c1-15-23-24-21(25(15)20-13-11-19(22)12-14-20)18-9-7-17(8-10-18)16-5-3-2-4-6-16/h2-14H,1H3. The molecule has 0 saturated carbocycles. The predicted octanol–water partition coefficient (Wildman–Crippen LogP) is 5.56. The average Bonchev–Trinajstić information content (AvgIpc) is 3.05. The molecular formula is C21H16ClN3. The van der Waals surface area contributed by atoms with Crippen LogP contribution in [-0.2, 0) is 0 Å². The van der Waals surface area contributed by atoms with Crippen LogP contribution in [0.1, 0.15) is 5.82 Å². The molecular weight excluding hydrogens is 330 g/mol. The molecule has 0 saturated heterocycles. The average molecular weight is 346 g/mol.